The Labute approximate surface area is 133 Å². The van der Waals surface area contributed by atoms with Gasteiger partial charge in [-0.15, -0.1) is 10.2 Å². The van der Waals surface area contributed by atoms with Crippen LogP contribution in [0, 0.1) is 0 Å². The number of benzene rings is 1. The topological polar surface area (TPSA) is 64.1 Å². The van der Waals surface area contributed by atoms with Crippen molar-refractivity contribution in [1.29, 1.82) is 0 Å². The lowest BCUT2D eigenvalue weighted by Crippen LogP contribution is -2.26. The maximum Gasteiger partial charge on any atom is 0.255 e. The van der Waals surface area contributed by atoms with E-state index < -0.39 is 0 Å². The molecule has 1 aliphatic heterocycles. The van der Waals surface area contributed by atoms with Gasteiger partial charge in [0.05, 0.1) is 0 Å². The number of aromatic nitrogens is 2. The number of hydrogen-bond acceptors (Lipinski definition) is 5. The Bertz CT molecular complexity index is 623. The third-order valence-corrected chi connectivity index (χ3v) is 4.63. The molecule has 5 nitrogen and oxygen atoms in total. The van der Waals surface area contributed by atoms with Crippen molar-refractivity contribution in [2.45, 2.75) is 38.2 Å². The molecular formula is C16H19N3O2S. The van der Waals surface area contributed by atoms with Crippen LogP contribution in [0.15, 0.2) is 30.3 Å². The third kappa shape index (κ3) is 3.69. The Morgan fingerprint density at radius 2 is 2.23 bits per heavy atom. The average molecular weight is 317 g/mol. The molecule has 0 unspecified atom stereocenters. The van der Waals surface area contributed by atoms with E-state index in [1.807, 2.05) is 18.2 Å². The van der Waals surface area contributed by atoms with Crippen LogP contribution in [0.4, 0.5) is 5.13 Å². The summed E-state index contributed by atoms with van der Waals surface area (Å²) in [7, 11) is 0. The second-order valence-electron chi connectivity index (χ2n) is 5.51. The number of hydrogen-bond donors (Lipinski definition) is 1. The zero-order valence-electron chi connectivity index (χ0n) is 12.5. The first kappa shape index (κ1) is 15.1. The van der Waals surface area contributed by atoms with Gasteiger partial charge in [-0.1, -0.05) is 48.6 Å². The lowest BCUT2D eigenvalue weighted by Gasteiger charge is -2.09. The van der Waals surface area contributed by atoms with E-state index >= 15 is 0 Å². The molecule has 22 heavy (non-hydrogen) atoms. The number of rotatable bonds is 5. The first-order valence-electron chi connectivity index (χ1n) is 7.52. The van der Waals surface area contributed by atoms with E-state index in [9.17, 15) is 4.79 Å². The van der Waals surface area contributed by atoms with Gasteiger partial charge < -0.3 is 4.74 Å². The molecule has 1 aliphatic rings. The maximum atomic E-state index is 12.0. The summed E-state index contributed by atoms with van der Waals surface area (Å²) < 4.78 is 5.36. The normalized spacial score (nSPS) is 19.0. The maximum absolute atomic E-state index is 12.0. The van der Waals surface area contributed by atoms with Crippen LogP contribution < -0.4 is 5.32 Å². The fraction of sp³-hybridized carbons (Fsp3) is 0.438. The lowest BCUT2D eigenvalue weighted by molar-refractivity contribution is -0.124. The van der Waals surface area contributed by atoms with Crippen molar-refractivity contribution in [3.05, 3.63) is 40.9 Å². The summed E-state index contributed by atoms with van der Waals surface area (Å²) in [5, 5.41) is 12.5. The molecule has 3 rings (SSSR count). The van der Waals surface area contributed by atoms with Crippen molar-refractivity contribution in [3.63, 3.8) is 0 Å². The minimum absolute atomic E-state index is 0.115. The van der Waals surface area contributed by atoms with Gasteiger partial charge in [0.1, 0.15) is 11.1 Å². The van der Waals surface area contributed by atoms with Gasteiger partial charge >= 0.3 is 0 Å². The molecule has 1 saturated heterocycles. The van der Waals surface area contributed by atoms with Crippen LogP contribution in [0.2, 0.25) is 0 Å². The summed E-state index contributed by atoms with van der Waals surface area (Å²) in [5.74, 6) is 0.257. The van der Waals surface area contributed by atoms with Crippen molar-refractivity contribution in [2.75, 3.05) is 11.9 Å². The molecule has 0 bridgehead atoms. The van der Waals surface area contributed by atoms with E-state index in [2.05, 4.69) is 34.6 Å². The van der Waals surface area contributed by atoms with E-state index in [1.165, 1.54) is 16.9 Å². The largest absolute Gasteiger partial charge is 0.368 e. The van der Waals surface area contributed by atoms with Gasteiger partial charge in [0.15, 0.2) is 0 Å². The first-order chi connectivity index (χ1) is 10.7. The summed E-state index contributed by atoms with van der Waals surface area (Å²) in [6, 6.07) is 10.3. The number of ether oxygens (including phenoxy) is 1. The first-order valence-corrected chi connectivity index (χ1v) is 8.34. The summed E-state index contributed by atoms with van der Waals surface area (Å²) >= 11 is 1.43. The number of amides is 1. The van der Waals surface area contributed by atoms with Gasteiger partial charge in [-0.3, -0.25) is 10.1 Å². The van der Waals surface area contributed by atoms with Gasteiger partial charge in [-0.2, -0.15) is 0 Å². The summed E-state index contributed by atoms with van der Waals surface area (Å²) in [6.45, 7) is 2.83. The Hall–Kier alpha value is -1.79. The van der Waals surface area contributed by atoms with Crippen LogP contribution in [0.3, 0.4) is 0 Å². The van der Waals surface area contributed by atoms with Crippen molar-refractivity contribution in [2.24, 2.45) is 0 Å². The zero-order valence-corrected chi connectivity index (χ0v) is 13.3. The molecular weight excluding hydrogens is 298 g/mol. The molecule has 2 heterocycles. The molecule has 1 amide bonds. The highest BCUT2D eigenvalue weighted by molar-refractivity contribution is 7.15. The number of nitrogens with one attached hydrogen (secondary N) is 1. The Balaban J connectivity index is 1.58. The monoisotopic (exact) mass is 317 g/mol. The molecule has 1 aromatic heterocycles. The molecule has 0 aliphatic carbocycles. The lowest BCUT2D eigenvalue weighted by atomic mass is 9.98. The Morgan fingerprint density at radius 3 is 2.95 bits per heavy atom. The molecule has 1 N–H and O–H groups in total. The van der Waals surface area contributed by atoms with Gasteiger partial charge in [-0.25, -0.2) is 0 Å². The highest BCUT2D eigenvalue weighted by Gasteiger charge is 2.24. The van der Waals surface area contributed by atoms with Crippen LogP contribution >= 0.6 is 11.3 Å². The van der Waals surface area contributed by atoms with E-state index in [0.717, 1.165) is 24.3 Å². The molecule has 0 spiro atoms. The highest BCUT2D eigenvalue weighted by atomic mass is 32.1. The molecule has 0 radical (unpaired) electrons. The fourth-order valence-electron chi connectivity index (χ4n) is 2.52. The van der Waals surface area contributed by atoms with E-state index in [0.29, 0.717) is 17.7 Å². The Kier molecular flexibility index (Phi) is 4.80. The van der Waals surface area contributed by atoms with Crippen LogP contribution in [0.1, 0.15) is 36.3 Å². The Morgan fingerprint density at radius 1 is 1.41 bits per heavy atom. The van der Waals surface area contributed by atoms with Crippen LogP contribution in [-0.4, -0.2) is 28.8 Å². The molecule has 1 aromatic carbocycles. The molecule has 2 atom stereocenters. The molecule has 116 valence electrons. The van der Waals surface area contributed by atoms with Crippen molar-refractivity contribution in [1.82, 2.24) is 10.2 Å². The summed E-state index contributed by atoms with van der Waals surface area (Å²) in [4.78, 5) is 12.0. The standard InChI is InChI=1S/C16H19N3O2S/c1-11(12-6-3-2-4-7-12)10-14-18-19-16(22-14)17-15(20)13-8-5-9-21-13/h2-4,6-7,11,13H,5,8-10H2,1H3,(H,17,19,20)/t11-,13-/m0/s1. The van der Waals surface area contributed by atoms with E-state index in [1.54, 1.807) is 0 Å². The second kappa shape index (κ2) is 6.98. The molecule has 6 heteroatoms. The predicted molar refractivity (Wildman–Crippen MR) is 86.1 cm³/mol. The van der Waals surface area contributed by atoms with E-state index in [-0.39, 0.29) is 12.0 Å². The minimum atomic E-state index is -0.337. The zero-order chi connectivity index (χ0) is 15.4. The second-order valence-corrected chi connectivity index (χ2v) is 6.57. The quantitative estimate of drug-likeness (QED) is 0.921. The molecule has 2 aromatic rings. The fourth-order valence-corrected chi connectivity index (χ4v) is 3.39. The minimum Gasteiger partial charge on any atom is -0.368 e. The van der Waals surface area contributed by atoms with Crippen molar-refractivity contribution < 1.29 is 9.53 Å². The van der Waals surface area contributed by atoms with Crippen LogP contribution in [0.5, 0.6) is 0 Å². The SMILES string of the molecule is C[C@@H](Cc1nnc(NC(=O)[C@@H]2CCCO2)s1)c1ccccc1. The predicted octanol–water partition coefficient (Wildman–Crippen LogP) is 3.00. The van der Waals surface area contributed by atoms with Gasteiger partial charge in [-0.05, 0) is 24.3 Å². The average Bonchev–Trinajstić information content (AvgIpc) is 3.20. The molecule has 1 fully saturated rings. The van der Waals surface area contributed by atoms with Gasteiger partial charge in [0.2, 0.25) is 5.13 Å². The number of carbonyl (C=O) groups is 1. The van der Waals surface area contributed by atoms with Crippen molar-refractivity contribution >= 4 is 22.4 Å². The number of anilines is 1. The summed E-state index contributed by atoms with van der Waals surface area (Å²) in [6.07, 6.45) is 2.20. The third-order valence-electron chi connectivity index (χ3n) is 3.77. The summed E-state index contributed by atoms with van der Waals surface area (Å²) in [5.41, 5.74) is 1.28. The van der Waals surface area contributed by atoms with Gasteiger partial charge in [0, 0.05) is 13.0 Å². The molecule has 0 saturated carbocycles. The van der Waals surface area contributed by atoms with Crippen molar-refractivity contribution in [3.8, 4) is 0 Å². The van der Waals surface area contributed by atoms with Gasteiger partial charge in [0.25, 0.3) is 5.91 Å². The number of carbonyl (C=O) groups excluding carboxylic acids is 1. The number of nitrogens with zero attached hydrogens (tertiary/aromatic N) is 2. The smallest absolute Gasteiger partial charge is 0.255 e. The van der Waals surface area contributed by atoms with Crippen LogP contribution in [-0.2, 0) is 16.0 Å². The van der Waals surface area contributed by atoms with Crippen LogP contribution in [0.25, 0.3) is 0 Å². The highest BCUT2D eigenvalue weighted by Crippen LogP contribution is 2.24. The van der Waals surface area contributed by atoms with E-state index in [4.69, 9.17) is 4.74 Å².